The lowest BCUT2D eigenvalue weighted by molar-refractivity contribution is -0.136. The number of hydrogen-bond donors (Lipinski definition) is 3. The molecule has 2 fully saturated rings. The maximum Gasteiger partial charge on any atom is 0.325 e. The molecule has 1 spiro atoms. The minimum Gasteiger partial charge on any atom is -0.494 e. The largest absolute Gasteiger partial charge is 0.494 e. The van der Waals surface area contributed by atoms with Crippen LogP contribution in [0.25, 0.3) is 0 Å². The van der Waals surface area contributed by atoms with E-state index in [0.717, 1.165) is 24.2 Å². The minimum atomic E-state index is -0.935. The van der Waals surface area contributed by atoms with Crippen molar-refractivity contribution in [2.75, 3.05) is 31.4 Å². The number of urea groups is 1. The molecule has 10 nitrogen and oxygen atoms in total. The summed E-state index contributed by atoms with van der Waals surface area (Å²) in [6.07, 6.45) is 3.27. The summed E-state index contributed by atoms with van der Waals surface area (Å²) in [5, 5.41) is 8.31. The van der Waals surface area contributed by atoms with Crippen LogP contribution >= 0.6 is 0 Å². The summed E-state index contributed by atoms with van der Waals surface area (Å²) < 4.78 is 10.8. The number of benzene rings is 2. The van der Waals surface area contributed by atoms with Crippen LogP contribution in [-0.2, 0) is 9.59 Å². The molecule has 1 aliphatic heterocycles. The van der Waals surface area contributed by atoms with Crippen molar-refractivity contribution in [3.63, 3.8) is 0 Å². The number of amides is 5. The fraction of sp³-hybridized carbons (Fsp3) is 0.385. The molecule has 10 heteroatoms. The number of nitrogens with one attached hydrogen (secondary N) is 3. The smallest absolute Gasteiger partial charge is 0.325 e. The second-order valence-electron chi connectivity index (χ2n) is 9.06. The monoisotopic (exact) mass is 494 g/mol. The molecule has 1 saturated heterocycles. The molecule has 4 rings (SSSR count). The number of nitrogens with zero attached hydrogens (tertiary/aromatic N) is 1. The second kappa shape index (κ2) is 10.3. The topological polar surface area (TPSA) is 126 Å². The molecule has 190 valence electrons. The van der Waals surface area contributed by atoms with Gasteiger partial charge in [-0.25, -0.2) is 4.79 Å². The lowest BCUT2D eigenvalue weighted by Crippen LogP contribution is -2.54. The molecular weight excluding hydrogens is 464 g/mol. The fourth-order valence-electron chi connectivity index (χ4n) is 4.85. The molecule has 2 aromatic carbocycles. The van der Waals surface area contributed by atoms with Crippen LogP contribution < -0.4 is 25.4 Å². The minimum absolute atomic E-state index is 0.00115. The summed E-state index contributed by atoms with van der Waals surface area (Å²) >= 11 is 0. The summed E-state index contributed by atoms with van der Waals surface area (Å²) in [5.74, 6) is -0.711. The summed E-state index contributed by atoms with van der Waals surface area (Å²) in [6.45, 7) is 1.52. The maximum atomic E-state index is 13.2. The van der Waals surface area contributed by atoms with Gasteiger partial charge in [0.15, 0.2) is 0 Å². The van der Waals surface area contributed by atoms with Crippen molar-refractivity contribution in [2.45, 2.75) is 38.1 Å². The van der Waals surface area contributed by atoms with Gasteiger partial charge in [0.1, 0.15) is 23.6 Å². The molecule has 1 saturated carbocycles. The van der Waals surface area contributed by atoms with Crippen LogP contribution in [0.5, 0.6) is 11.5 Å². The molecule has 1 heterocycles. The first kappa shape index (κ1) is 25.0. The number of methoxy groups -OCH3 is 2. The predicted molar refractivity (Wildman–Crippen MR) is 133 cm³/mol. The number of carbonyl (C=O) groups excluding carboxylic acids is 4. The Morgan fingerprint density at radius 1 is 1.03 bits per heavy atom. The van der Waals surface area contributed by atoms with Crippen LogP contribution in [0.15, 0.2) is 42.5 Å². The number of anilines is 2. The quantitative estimate of drug-likeness (QED) is 0.507. The van der Waals surface area contributed by atoms with E-state index in [1.807, 2.05) is 13.0 Å². The Hall–Kier alpha value is -4.08. The third kappa shape index (κ3) is 4.71. The Kier molecular flexibility index (Phi) is 7.14. The van der Waals surface area contributed by atoms with Gasteiger partial charge >= 0.3 is 6.03 Å². The molecule has 2 aromatic rings. The number of hydrogen-bond acceptors (Lipinski definition) is 6. The first-order valence-corrected chi connectivity index (χ1v) is 11.9. The highest BCUT2D eigenvalue weighted by molar-refractivity contribution is 6.10. The third-order valence-corrected chi connectivity index (χ3v) is 6.88. The van der Waals surface area contributed by atoms with Crippen molar-refractivity contribution in [1.29, 1.82) is 0 Å². The van der Waals surface area contributed by atoms with Gasteiger partial charge in [0.05, 0.1) is 25.6 Å². The molecule has 0 aromatic heterocycles. The Balaban J connectivity index is 1.49. The van der Waals surface area contributed by atoms with Crippen LogP contribution in [-0.4, -0.2) is 55.0 Å². The molecule has 5 amide bonds. The van der Waals surface area contributed by atoms with E-state index >= 15 is 0 Å². The Bertz CT molecular complexity index is 1180. The molecular formula is C26H30N4O6. The maximum absolute atomic E-state index is 13.2. The highest BCUT2D eigenvalue weighted by Gasteiger charge is 2.55. The third-order valence-electron chi connectivity index (χ3n) is 6.88. The lowest BCUT2D eigenvalue weighted by atomic mass is 9.73. The first-order chi connectivity index (χ1) is 17.3. The molecule has 36 heavy (non-hydrogen) atoms. The van der Waals surface area contributed by atoms with Gasteiger partial charge in [-0.15, -0.1) is 0 Å². The van der Waals surface area contributed by atoms with Gasteiger partial charge in [-0.2, -0.15) is 0 Å². The van der Waals surface area contributed by atoms with E-state index in [9.17, 15) is 19.2 Å². The predicted octanol–water partition coefficient (Wildman–Crippen LogP) is 3.40. The van der Waals surface area contributed by atoms with E-state index in [1.165, 1.54) is 26.4 Å². The van der Waals surface area contributed by atoms with Crippen molar-refractivity contribution >= 4 is 35.1 Å². The zero-order valence-corrected chi connectivity index (χ0v) is 20.6. The molecule has 3 N–H and O–H groups in total. The second-order valence-corrected chi connectivity index (χ2v) is 9.06. The number of carbonyl (C=O) groups is 4. The zero-order chi connectivity index (χ0) is 25.9. The van der Waals surface area contributed by atoms with Crippen LogP contribution in [0.2, 0.25) is 0 Å². The summed E-state index contributed by atoms with van der Waals surface area (Å²) in [6, 6.07) is 11.2. The number of imide groups is 1. The van der Waals surface area contributed by atoms with Crippen molar-refractivity contribution in [1.82, 2.24) is 10.2 Å². The average molecular weight is 495 g/mol. The van der Waals surface area contributed by atoms with Crippen LogP contribution in [0, 0.1) is 5.92 Å². The number of ether oxygens (including phenoxy) is 2. The highest BCUT2D eigenvalue weighted by Crippen LogP contribution is 2.39. The molecule has 0 radical (unpaired) electrons. The Morgan fingerprint density at radius 3 is 2.28 bits per heavy atom. The van der Waals surface area contributed by atoms with Crippen molar-refractivity contribution < 1.29 is 28.7 Å². The molecule has 2 atom stereocenters. The van der Waals surface area contributed by atoms with Crippen molar-refractivity contribution in [3.05, 3.63) is 48.0 Å². The van der Waals surface area contributed by atoms with Crippen LogP contribution in [0.3, 0.4) is 0 Å². The van der Waals surface area contributed by atoms with E-state index in [0.29, 0.717) is 23.4 Å². The van der Waals surface area contributed by atoms with Gasteiger partial charge in [-0.3, -0.25) is 19.3 Å². The van der Waals surface area contributed by atoms with Gasteiger partial charge in [0.2, 0.25) is 5.91 Å². The normalized spacial score (nSPS) is 21.2. The van der Waals surface area contributed by atoms with E-state index in [1.54, 1.807) is 24.3 Å². The summed E-state index contributed by atoms with van der Waals surface area (Å²) in [4.78, 5) is 52.2. The lowest BCUT2D eigenvalue weighted by Gasteiger charge is -2.36. The average Bonchev–Trinajstić information content (AvgIpc) is 3.11. The van der Waals surface area contributed by atoms with E-state index < -0.39 is 24.0 Å². The van der Waals surface area contributed by atoms with Gasteiger partial charge in [0, 0.05) is 17.7 Å². The first-order valence-electron chi connectivity index (χ1n) is 11.9. The molecule has 2 aliphatic rings. The molecule has 0 bridgehead atoms. The standard InChI is InChI=1S/C26H30N4O6/c1-16-9-7-8-12-26(16)24(33)30(25(34)29-26)15-22(31)27-18-13-21(36-3)19(14-20(18)35-2)28-23(32)17-10-5-4-6-11-17/h4-6,10-11,13-14,16H,7-9,12,15H2,1-3H3,(H,27,31)(H,28,32)(H,29,34)/t16-,26+/m1/s1. The SMILES string of the molecule is COc1cc(NC(=O)c2ccccc2)c(OC)cc1NC(=O)CN1C(=O)N[C@]2(CCCC[C@H]2C)C1=O. The van der Waals surface area contributed by atoms with Crippen molar-refractivity contribution in [3.8, 4) is 11.5 Å². The van der Waals surface area contributed by atoms with Crippen molar-refractivity contribution in [2.24, 2.45) is 5.92 Å². The van der Waals surface area contributed by atoms with Crippen LogP contribution in [0.1, 0.15) is 43.0 Å². The number of rotatable bonds is 7. The van der Waals surface area contributed by atoms with Gasteiger partial charge < -0.3 is 25.4 Å². The summed E-state index contributed by atoms with van der Waals surface area (Å²) in [7, 11) is 2.86. The Labute approximate surface area is 209 Å². The van der Waals surface area contributed by atoms with Gasteiger partial charge in [-0.1, -0.05) is 38.0 Å². The van der Waals surface area contributed by atoms with E-state index in [4.69, 9.17) is 9.47 Å². The highest BCUT2D eigenvalue weighted by atomic mass is 16.5. The molecule has 1 aliphatic carbocycles. The Morgan fingerprint density at radius 2 is 1.67 bits per heavy atom. The zero-order valence-electron chi connectivity index (χ0n) is 20.6. The fourth-order valence-corrected chi connectivity index (χ4v) is 4.85. The van der Waals surface area contributed by atoms with E-state index in [2.05, 4.69) is 16.0 Å². The van der Waals surface area contributed by atoms with Crippen LogP contribution in [0.4, 0.5) is 16.2 Å². The van der Waals surface area contributed by atoms with Gasteiger partial charge in [-0.05, 0) is 30.9 Å². The summed E-state index contributed by atoms with van der Waals surface area (Å²) in [5.41, 5.74) is 0.151. The molecule has 0 unspecified atom stereocenters. The van der Waals surface area contributed by atoms with E-state index in [-0.39, 0.29) is 29.2 Å². The van der Waals surface area contributed by atoms with Gasteiger partial charge in [0.25, 0.3) is 11.8 Å².